The first-order chi connectivity index (χ1) is 26.8. The Morgan fingerprint density at radius 1 is 0.370 bits per heavy atom. The first kappa shape index (κ1) is 30.6. The van der Waals surface area contributed by atoms with E-state index >= 15 is 0 Å². The van der Waals surface area contributed by atoms with Crippen molar-refractivity contribution in [3.8, 4) is 44.8 Å². The molecule has 0 N–H and O–H groups in total. The van der Waals surface area contributed by atoms with E-state index in [4.69, 9.17) is 9.40 Å². The molecule has 0 saturated carbocycles. The monoisotopic (exact) mass is 687 g/mol. The molecule has 10 aromatic rings. The van der Waals surface area contributed by atoms with Crippen LogP contribution in [0.3, 0.4) is 0 Å². The highest BCUT2D eigenvalue weighted by molar-refractivity contribution is 6.21. The molecule has 1 aliphatic carbocycles. The number of benzene rings is 9. The van der Waals surface area contributed by atoms with Crippen LogP contribution in [0.5, 0.6) is 0 Å². The van der Waals surface area contributed by atoms with E-state index in [0.29, 0.717) is 5.89 Å². The van der Waals surface area contributed by atoms with Crippen LogP contribution >= 0.6 is 0 Å². The second-order valence-corrected chi connectivity index (χ2v) is 14.2. The summed E-state index contributed by atoms with van der Waals surface area (Å²) in [4.78, 5) is 4.92. The van der Waals surface area contributed by atoms with Gasteiger partial charge < -0.3 is 4.42 Å². The zero-order chi connectivity index (χ0) is 35.6. The van der Waals surface area contributed by atoms with Crippen molar-refractivity contribution in [3.05, 3.63) is 222 Å². The van der Waals surface area contributed by atoms with E-state index in [9.17, 15) is 0 Å². The van der Waals surface area contributed by atoms with Gasteiger partial charge in [-0.05, 0) is 108 Å². The summed E-state index contributed by atoms with van der Waals surface area (Å²) in [6.45, 7) is 0. The maximum absolute atomic E-state index is 6.36. The molecular weight excluding hydrogens is 655 g/mol. The molecule has 2 heteroatoms. The van der Waals surface area contributed by atoms with Gasteiger partial charge in [-0.1, -0.05) is 170 Å². The fourth-order valence-electron chi connectivity index (χ4n) is 9.13. The van der Waals surface area contributed by atoms with E-state index in [1.165, 1.54) is 77.2 Å². The van der Waals surface area contributed by atoms with Crippen LogP contribution in [0.15, 0.2) is 205 Å². The van der Waals surface area contributed by atoms with E-state index in [1.807, 2.05) is 24.3 Å². The van der Waals surface area contributed by atoms with Crippen molar-refractivity contribution in [2.24, 2.45) is 0 Å². The second-order valence-electron chi connectivity index (χ2n) is 14.2. The van der Waals surface area contributed by atoms with Crippen LogP contribution in [0.1, 0.15) is 22.3 Å². The molecule has 1 heterocycles. The highest BCUT2D eigenvalue weighted by Crippen LogP contribution is 2.58. The number of hydrogen-bond acceptors (Lipinski definition) is 2. The van der Waals surface area contributed by atoms with Gasteiger partial charge in [0.15, 0.2) is 5.58 Å². The summed E-state index contributed by atoms with van der Waals surface area (Å²) in [7, 11) is 0. The Kier molecular flexibility index (Phi) is 6.80. The van der Waals surface area contributed by atoms with E-state index in [2.05, 4.69) is 176 Å². The Bertz CT molecular complexity index is 2900. The van der Waals surface area contributed by atoms with Gasteiger partial charge in [0.25, 0.3) is 0 Å². The van der Waals surface area contributed by atoms with E-state index in [1.54, 1.807) is 0 Å². The smallest absolute Gasteiger partial charge is 0.227 e. The summed E-state index contributed by atoms with van der Waals surface area (Å²) >= 11 is 0. The largest absolute Gasteiger partial charge is 0.436 e. The molecule has 2 nitrogen and oxygen atoms in total. The van der Waals surface area contributed by atoms with Crippen molar-refractivity contribution in [3.63, 3.8) is 0 Å². The normalized spacial score (nSPS) is 13.0. The SMILES string of the molecule is c1ccc(-c2c3ccccc3c(-c3ccc4c(c3)C(c3ccccc3)(c3ccccc3)c3cc(-c5nc6ccccc6o5)ccc3-4)c3ccccc23)cc1. The van der Waals surface area contributed by atoms with Crippen LogP contribution in [0.2, 0.25) is 0 Å². The lowest BCUT2D eigenvalue weighted by Crippen LogP contribution is -2.28. The number of rotatable bonds is 5. The molecular formula is C52H33NO. The Morgan fingerprint density at radius 3 is 1.37 bits per heavy atom. The van der Waals surface area contributed by atoms with Gasteiger partial charge >= 0.3 is 0 Å². The van der Waals surface area contributed by atoms with Crippen molar-refractivity contribution in [1.29, 1.82) is 0 Å². The van der Waals surface area contributed by atoms with Gasteiger partial charge in [0.2, 0.25) is 5.89 Å². The van der Waals surface area contributed by atoms with Crippen molar-refractivity contribution < 1.29 is 4.42 Å². The average Bonchev–Trinajstić information content (AvgIpc) is 3.81. The van der Waals surface area contributed by atoms with Gasteiger partial charge in [0, 0.05) is 5.56 Å². The highest BCUT2D eigenvalue weighted by Gasteiger charge is 2.46. The first-order valence-electron chi connectivity index (χ1n) is 18.5. The molecule has 9 aromatic carbocycles. The van der Waals surface area contributed by atoms with E-state index in [-0.39, 0.29) is 0 Å². The van der Waals surface area contributed by atoms with Gasteiger partial charge in [-0.15, -0.1) is 0 Å². The van der Waals surface area contributed by atoms with Crippen LogP contribution in [-0.2, 0) is 5.41 Å². The van der Waals surface area contributed by atoms with Crippen LogP contribution in [0.4, 0.5) is 0 Å². The molecule has 0 fully saturated rings. The molecule has 0 bridgehead atoms. The molecule has 0 atom stereocenters. The minimum atomic E-state index is -0.596. The number of oxazole rings is 1. The number of nitrogens with zero attached hydrogens (tertiary/aromatic N) is 1. The summed E-state index contributed by atoms with van der Waals surface area (Å²) in [5.74, 6) is 0.627. The summed E-state index contributed by atoms with van der Waals surface area (Å²) in [5.41, 5.74) is 14.3. The van der Waals surface area contributed by atoms with Gasteiger partial charge in [0.05, 0.1) is 5.41 Å². The fraction of sp³-hybridized carbons (Fsp3) is 0.0192. The molecule has 0 radical (unpaired) electrons. The minimum absolute atomic E-state index is 0.596. The van der Waals surface area contributed by atoms with Crippen molar-refractivity contribution in [1.82, 2.24) is 4.98 Å². The van der Waals surface area contributed by atoms with E-state index < -0.39 is 5.41 Å². The molecule has 0 saturated heterocycles. The zero-order valence-electron chi connectivity index (χ0n) is 29.4. The Labute approximate surface area is 313 Å². The number of aromatic nitrogens is 1. The Balaban J connectivity index is 1.22. The number of hydrogen-bond donors (Lipinski definition) is 0. The van der Waals surface area contributed by atoms with Gasteiger partial charge in [0.1, 0.15) is 5.52 Å². The molecule has 252 valence electrons. The maximum Gasteiger partial charge on any atom is 0.227 e. The lowest BCUT2D eigenvalue weighted by atomic mass is 9.67. The maximum atomic E-state index is 6.36. The van der Waals surface area contributed by atoms with Crippen LogP contribution in [0.25, 0.3) is 77.5 Å². The summed E-state index contributed by atoms with van der Waals surface area (Å²) in [6.07, 6.45) is 0. The third-order valence-electron chi connectivity index (χ3n) is 11.4. The topological polar surface area (TPSA) is 26.0 Å². The molecule has 11 rings (SSSR count). The third kappa shape index (κ3) is 4.44. The standard InChI is InChI=1S/C52H33NO/c1-4-16-34(17-5-1)49-41-22-10-12-24-43(41)50(44-25-13-11-23-42(44)49)35-28-30-39-40-31-29-36(51-53-47-26-14-15-27-48(47)54-51)33-46(40)52(45(39)32-35,37-18-6-2-7-19-37)38-20-8-3-9-21-38/h1-33H. The van der Waals surface area contributed by atoms with Gasteiger partial charge in [-0.2, -0.15) is 0 Å². The molecule has 0 spiro atoms. The second kappa shape index (κ2) is 12.0. The predicted octanol–water partition coefficient (Wildman–Crippen LogP) is 13.5. The van der Waals surface area contributed by atoms with Crippen molar-refractivity contribution in [2.75, 3.05) is 0 Å². The van der Waals surface area contributed by atoms with Crippen LogP contribution in [-0.4, -0.2) is 4.98 Å². The quantitative estimate of drug-likeness (QED) is 0.168. The lowest BCUT2D eigenvalue weighted by Gasteiger charge is -2.34. The minimum Gasteiger partial charge on any atom is -0.436 e. The molecule has 0 unspecified atom stereocenters. The number of para-hydroxylation sites is 2. The average molecular weight is 688 g/mol. The Hall–Kier alpha value is -7.03. The Morgan fingerprint density at radius 2 is 0.815 bits per heavy atom. The van der Waals surface area contributed by atoms with Crippen LogP contribution < -0.4 is 0 Å². The third-order valence-corrected chi connectivity index (χ3v) is 11.4. The first-order valence-corrected chi connectivity index (χ1v) is 18.5. The van der Waals surface area contributed by atoms with Crippen molar-refractivity contribution in [2.45, 2.75) is 5.41 Å². The summed E-state index contributed by atoms with van der Waals surface area (Å²) in [6, 6.07) is 72.5. The summed E-state index contributed by atoms with van der Waals surface area (Å²) in [5, 5.41) is 4.99. The molecule has 0 aliphatic heterocycles. The molecule has 54 heavy (non-hydrogen) atoms. The predicted molar refractivity (Wildman–Crippen MR) is 223 cm³/mol. The van der Waals surface area contributed by atoms with Crippen molar-refractivity contribution >= 4 is 32.6 Å². The fourth-order valence-corrected chi connectivity index (χ4v) is 9.13. The van der Waals surface area contributed by atoms with Crippen LogP contribution in [0, 0.1) is 0 Å². The molecule has 1 aliphatic rings. The highest BCUT2D eigenvalue weighted by atomic mass is 16.3. The number of fused-ring (bicyclic) bond motifs is 6. The molecule has 1 aromatic heterocycles. The zero-order valence-corrected chi connectivity index (χ0v) is 29.4. The summed E-state index contributed by atoms with van der Waals surface area (Å²) < 4.78 is 6.36. The lowest BCUT2D eigenvalue weighted by molar-refractivity contribution is 0.619. The van der Waals surface area contributed by atoms with Gasteiger partial charge in [-0.3, -0.25) is 0 Å². The van der Waals surface area contributed by atoms with E-state index in [0.717, 1.165) is 16.7 Å². The molecule has 0 amide bonds. The van der Waals surface area contributed by atoms with Gasteiger partial charge in [-0.25, -0.2) is 4.98 Å².